The molecule has 162 valence electrons. The third kappa shape index (κ3) is 5.24. The minimum absolute atomic E-state index is 0.160. The van der Waals surface area contributed by atoms with Crippen molar-refractivity contribution in [1.29, 1.82) is 0 Å². The van der Waals surface area contributed by atoms with Crippen LogP contribution in [0.15, 0.2) is 47.6 Å². The van der Waals surface area contributed by atoms with Crippen LogP contribution < -0.4 is 5.32 Å². The van der Waals surface area contributed by atoms with Crippen molar-refractivity contribution >= 4 is 46.3 Å². The zero-order valence-corrected chi connectivity index (χ0v) is 18.3. The Bertz CT molecular complexity index is 1110. The number of rotatable bonds is 8. The van der Waals surface area contributed by atoms with Gasteiger partial charge in [-0.05, 0) is 56.3 Å². The van der Waals surface area contributed by atoms with Crippen molar-refractivity contribution in [3.8, 4) is 0 Å². The molecule has 0 fully saturated rings. The Morgan fingerprint density at radius 2 is 1.74 bits per heavy atom. The Labute approximate surface area is 183 Å². The van der Waals surface area contributed by atoms with Crippen LogP contribution in [0, 0.1) is 0 Å². The minimum atomic E-state index is -0.432. The molecule has 0 saturated carbocycles. The van der Waals surface area contributed by atoms with E-state index in [9.17, 15) is 14.4 Å². The van der Waals surface area contributed by atoms with E-state index in [1.165, 1.54) is 18.9 Å². The second-order valence-electron chi connectivity index (χ2n) is 6.47. The number of benzene rings is 2. The lowest BCUT2D eigenvalue weighted by Gasteiger charge is -2.07. The van der Waals surface area contributed by atoms with Gasteiger partial charge in [-0.25, -0.2) is 14.6 Å². The maximum atomic E-state index is 12.4. The van der Waals surface area contributed by atoms with Crippen LogP contribution in [0.25, 0.3) is 11.0 Å². The number of aryl methyl sites for hydroxylation is 1. The van der Waals surface area contributed by atoms with Crippen LogP contribution in [0.4, 0.5) is 5.69 Å². The van der Waals surface area contributed by atoms with Gasteiger partial charge in [-0.2, -0.15) is 0 Å². The van der Waals surface area contributed by atoms with Crippen molar-refractivity contribution in [2.45, 2.75) is 25.5 Å². The molecule has 8 nitrogen and oxygen atoms in total. The van der Waals surface area contributed by atoms with E-state index >= 15 is 0 Å². The van der Waals surface area contributed by atoms with Crippen LogP contribution in [0.1, 0.15) is 34.6 Å². The Morgan fingerprint density at radius 3 is 2.39 bits per heavy atom. The summed E-state index contributed by atoms with van der Waals surface area (Å²) in [6.07, 6.45) is 0. The fraction of sp³-hybridized carbons (Fsp3) is 0.273. The highest BCUT2D eigenvalue weighted by Gasteiger charge is 2.15. The molecule has 3 aromatic rings. The predicted molar refractivity (Wildman–Crippen MR) is 118 cm³/mol. The van der Waals surface area contributed by atoms with Gasteiger partial charge in [0.25, 0.3) is 0 Å². The Morgan fingerprint density at radius 1 is 1.03 bits per heavy atom. The monoisotopic (exact) mass is 441 g/mol. The summed E-state index contributed by atoms with van der Waals surface area (Å²) in [6.45, 7) is 4.74. The summed E-state index contributed by atoms with van der Waals surface area (Å²) in [5.74, 6) is -0.856. The standard InChI is InChI=1S/C22H23N3O5S/c1-4-25-18-11-8-15(21(28)30-5-2)12-17(18)24-22(25)31-13-19(26)23-16-9-6-14(7-10-16)20(27)29-3/h6-12H,4-5,13H2,1-3H3,(H,23,26). The van der Waals surface area contributed by atoms with Gasteiger partial charge in [0.05, 0.1) is 41.6 Å². The van der Waals surface area contributed by atoms with Crippen LogP contribution in [-0.4, -0.2) is 46.9 Å². The lowest BCUT2D eigenvalue weighted by Crippen LogP contribution is -2.14. The van der Waals surface area contributed by atoms with Crippen LogP contribution in [0.2, 0.25) is 0 Å². The predicted octanol–water partition coefficient (Wildman–Crippen LogP) is 3.75. The highest BCUT2D eigenvalue weighted by molar-refractivity contribution is 7.99. The molecule has 0 atom stereocenters. The zero-order chi connectivity index (χ0) is 22.4. The summed E-state index contributed by atoms with van der Waals surface area (Å²) in [4.78, 5) is 40.4. The van der Waals surface area contributed by atoms with E-state index in [0.717, 1.165) is 5.52 Å². The molecule has 0 radical (unpaired) electrons. The summed E-state index contributed by atoms with van der Waals surface area (Å²) >= 11 is 1.31. The number of nitrogens with zero attached hydrogens (tertiary/aromatic N) is 2. The minimum Gasteiger partial charge on any atom is -0.465 e. The summed E-state index contributed by atoms with van der Waals surface area (Å²) in [5, 5.41) is 3.49. The molecular weight excluding hydrogens is 418 g/mol. The number of fused-ring (bicyclic) bond motifs is 1. The van der Waals surface area contributed by atoms with E-state index in [1.54, 1.807) is 43.3 Å². The Hall–Kier alpha value is -3.33. The lowest BCUT2D eigenvalue weighted by molar-refractivity contribution is -0.113. The summed E-state index contributed by atoms with van der Waals surface area (Å²) in [6, 6.07) is 11.7. The van der Waals surface area contributed by atoms with Gasteiger partial charge in [-0.15, -0.1) is 0 Å². The first-order valence-electron chi connectivity index (χ1n) is 9.75. The number of carbonyl (C=O) groups is 3. The molecule has 0 aliphatic carbocycles. The summed E-state index contributed by atoms with van der Waals surface area (Å²) in [7, 11) is 1.32. The van der Waals surface area contributed by atoms with E-state index < -0.39 is 5.97 Å². The highest BCUT2D eigenvalue weighted by Crippen LogP contribution is 2.25. The van der Waals surface area contributed by atoms with Gasteiger partial charge in [-0.3, -0.25) is 4.79 Å². The van der Waals surface area contributed by atoms with Crippen molar-refractivity contribution in [2.24, 2.45) is 0 Å². The molecule has 9 heteroatoms. The fourth-order valence-corrected chi connectivity index (χ4v) is 3.88. The first kappa shape index (κ1) is 22.4. The molecule has 0 aliphatic rings. The molecule has 3 rings (SSSR count). The van der Waals surface area contributed by atoms with Gasteiger partial charge in [0, 0.05) is 12.2 Å². The number of aromatic nitrogens is 2. The van der Waals surface area contributed by atoms with Crippen LogP contribution >= 0.6 is 11.8 Å². The summed E-state index contributed by atoms with van der Waals surface area (Å²) in [5.41, 5.74) is 3.00. The number of anilines is 1. The van der Waals surface area contributed by atoms with Crippen molar-refractivity contribution in [2.75, 3.05) is 24.8 Å². The van der Waals surface area contributed by atoms with Gasteiger partial charge in [0.1, 0.15) is 0 Å². The number of ether oxygens (including phenoxy) is 2. The van der Waals surface area contributed by atoms with E-state index in [4.69, 9.17) is 4.74 Å². The molecule has 1 aromatic heterocycles. The molecule has 31 heavy (non-hydrogen) atoms. The molecule has 0 spiro atoms. The molecule has 0 saturated heterocycles. The average Bonchev–Trinajstić information content (AvgIpc) is 3.14. The largest absolute Gasteiger partial charge is 0.465 e. The average molecular weight is 442 g/mol. The number of methoxy groups -OCH3 is 1. The van der Waals surface area contributed by atoms with Gasteiger partial charge >= 0.3 is 11.9 Å². The molecule has 0 aliphatic heterocycles. The number of carbonyl (C=O) groups excluding carboxylic acids is 3. The van der Waals surface area contributed by atoms with Crippen molar-refractivity contribution < 1.29 is 23.9 Å². The topological polar surface area (TPSA) is 99.5 Å². The Balaban J connectivity index is 1.68. The van der Waals surface area contributed by atoms with Crippen LogP contribution in [-0.2, 0) is 20.8 Å². The number of amides is 1. The maximum Gasteiger partial charge on any atom is 0.338 e. The lowest BCUT2D eigenvalue weighted by atomic mass is 10.2. The molecular formula is C22H23N3O5S. The van der Waals surface area contributed by atoms with Crippen LogP contribution in [0.5, 0.6) is 0 Å². The maximum absolute atomic E-state index is 12.4. The van der Waals surface area contributed by atoms with E-state index in [0.29, 0.717) is 40.6 Å². The van der Waals surface area contributed by atoms with Gasteiger partial charge < -0.3 is 19.4 Å². The number of esters is 2. The smallest absolute Gasteiger partial charge is 0.338 e. The second kappa shape index (κ2) is 10.1. The number of nitrogens with one attached hydrogen (secondary N) is 1. The van der Waals surface area contributed by atoms with E-state index in [2.05, 4.69) is 15.0 Å². The highest BCUT2D eigenvalue weighted by atomic mass is 32.2. The number of imidazole rings is 1. The summed E-state index contributed by atoms with van der Waals surface area (Å²) < 4.78 is 11.7. The molecule has 2 aromatic carbocycles. The second-order valence-corrected chi connectivity index (χ2v) is 7.41. The van der Waals surface area contributed by atoms with Crippen LogP contribution in [0.3, 0.4) is 0 Å². The SMILES string of the molecule is CCOC(=O)c1ccc2c(c1)nc(SCC(=O)Nc1ccc(C(=O)OC)cc1)n2CC. The van der Waals surface area contributed by atoms with Gasteiger partial charge in [-0.1, -0.05) is 11.8 Å². The first-order valence-corrected chi connectivity index (χ1v) is 10.7. The number of thioether (sulfide) groups is 1. The number of hydrogen-bond acceptors (Lipinski definition) is 7. The van der Waals surface area contributed by atoms with Gasteiger partial charge in [0.2, 0.25) is 5.91 Å². The first-order chi connectivity index (χ1) is 15.0. The van der Waals surface area contributed by atoms with Crippen molar-refractivity contribution in [3.63, 3.8) is 0 Å². The molecule has 1 heterocycles. The third-order valence-corrected chi connectivity index (χ3v) is 5.44. The number of hydrogen-bond donors (Lipinski definition) is 1. The van der Waals surface area contributed by atoms with Crippen molar-refractivity contribution in [3.05, 3.63) is 53.6 Å². The normalized spacial score (nSPS) is 10.7. The van der Waals surface area contributed by atoms with E-state index in [-0.39, 0.29) is 17.6 Å². The van der Waals surface area contributed by atoms with Gasteiger partial charge in [0.15, 0.2) is 5.16 Å². The third-order valence-electron chi connectivity index (χ3n) is 4.46. The molecule has 1 N–H and O–H groups in total. The molecule has 0 bridgehead atoms. The molecule has 0 unspecified atom stereocenters. The zero-order valence-electron chi connectivity index (χ0n) is 17.5. The quantitative estimate of drug-likeness (QED) is 0.420. The van der Waals surface area contributed by atoms with Crippen molar-refractivity contribution in [1.82, 2.24) is 9.55 Å². The molecule has 1 amide bonds. The fourth-order valence-electron chi connectivity index (χ4n) is 3.00. The van der Waals surface area contributed by atoms with E-state index in [1.807, 2.05) is 17.6 Å². The Kier molecular flexibility index (Phi) is 7.30.